The summed E-state index contributed by atoms with van der Waals surface area (Å²) in [5, 5.41) is 0. The van der Waals surface area contributed by atoms with Crippen molar-refractivity contribution in [2.75, 3.05) is 34.3 Å². The van der Waals surface area contributed by atoms with Gasteiger partial charge in [0.25, 0.3) is 0 Å². The third-order valence-electron chi connectivity index (χ3n) is 5.00. The zero-order valence-corrected chi connectivity index (χ0v) is 18.9. The Labute approximate surface area is 178 Å². The molecule has 0 aliphatic heterocycles. The van der Waals surface area contributed by atoms with E-state index in [0.29, 0.717) is 18.7 Å². The predicted molar refractivity (Wildman–Crippen MR) is 119 cm³/mol. The first-order valence-electron chi connectivity index (χ1n) is 10.1. The number of benzene rings is 2. The highest BCUT2D eigenvalue weighted by atomic mass is 32.2. The van der Waals surface area contributed by atoms with Gasteiger partial charge in [-0.1, -0.05) is 18.2 Å². The van der Waals surface area contributed by atoms with Crippen LogP contribution in [-0.4, -0.2) is 61.5 Å². The van der Waals surface area contributed by atoms with Crippen LogP contribution in [0.25, 0.3) is 11.0 Å². The molecule has 0 saturated carbocycles. The lowest BCUT2D eigenvalue weighted by molar-refractivity contribution is 0.254. The monoisotopic (exact) mass is 430 g/mol. The number of hydrogen-bond donors (Lipinski definition) is 0. The van der Waals surface area contributed by atoms with E-state index in [0.717, 1.165) is 36.6 Å². The molecule has 8 heteroatoms. The Kier molecular flexibility index (Phi) is 7.12. The first kappa shape index (κ1) is 22.3. The summed E-state index contributed by atoms with van der Waals surface area (Å²) in [6, 6.07) is 15.0. The van der Waals surface area contributed by atoms with Crippen molar-refractivity contribution in [2.24, 2.45) is 0 Å². The lowest BCUT2D eigenvalue weighted by Gasteiger charge is -2.17. The number of sulfonamides is 1. The molecule has 0 unspecified atom stereocenters. The maximum Gasteiger partial charge on any atom is 0.242 e. The van der Waals surface area contributed by atoms with Crippen molar-refractivity contribution < 1.29 is 13.2 Å². The van der Waals surface area contributed by atoms with E-state index in [1.54, 1.807) is 12.1 Å². The number of hydrogen-bond acceptors (Lipinski definition) is 5. The maximum absolute atomic E-state index is 12.4. The van der Waals surface area contributed by atoms with Crippen LogP contribution in [0.3, 0.4) is 0 Å². The van der Waals surface area contributed by atoms with Gasteiger partial charge in [-0.05, 0) is 50.7 Å². The molecule has 0 amide bonds. The van der Waals surface area contributed by atoms with E-state index in [-0.39, 0.29) is 4.90 Å². The third-order valence-corrected chi connectivity index (χ3v) is 6.81. The first-order valence-corrected chi connectivity index (χ1v) is 11.5. The molecule has 0 fully saturated rings. The molecule has 3 rings (SSSR count). The molecule has 2 aromatic carbocycles. The minimum atomic E-state index is -3.48. The number of aromatic nitrogens is 2. The van der Waals surface area contributed by atoms with Gasteiger partial charge in [0.1, 0.15) is 11.6 Å². The van der Waals surface area contributed by atoms with Crippen LogP contribution in [0.2, 0.25) is 0 Å². The summed E-state index contributed by atoms with van der Waals surface area (Å²) in [5.41, 5.74) is 1.65. The number of rotatable bonds is 10. The molecule has 0 N–H and O–H groups in total. The van der Waals surface area contributed by atoms with Crippen molar-refractivity contribution in [1.29, 1.82) is 0 Å². The van der Waals surface area contributed by atoms with Gasteiger partial charge >= 0.3 is 0 Å². The van der Waals surface area contributed by atoms with Crippen molar-refractivity contribution in [3.8, 4) is 5.75 Å². The topological polar surface area (TPSA) is 67.7 Å². The number of nitrogens with zero attached hydrogens (tertiary/aromatic N) is 4. The zero-order valence-electron chi connectivity index (χ0n) is 18.1. The molecule has 7 nitrogen and oxygen atoms in total. The van der Waals surface area contributed by atoms with Gasteiger partial charge in [0.2, 0.25) is 10.0 Å². The molecule has 0 atom stereocenters. The number of aryl methyl sites for hydroxylation is 1. The zero-order chi connectivity index (χ0) is 21.7. The highest BCUT2D eigenvalue weighted by molar-refractivity contribution is 7.89. The predicted octanol–water partition coefficient (Wildman–Crippen LogP) is 3.21. The minimum absolute atomic E-state index is 0.263. The fraction of sp³-hybridized carbons (Fsp3) is 0.409. The van der Waals surface area contributed by atoms with Crippen LogP contribution in [0.1, 0.15) is 19.2 Å². The molecular formula is C22H30N4O3S. The molecule has 0 radical (unpaired) electrons. The second-order valence-electron chi connectivity index (χ2n) is 7.46. The molecule has 0 bridgehead atoms. The van der Waals surface area contributed by atoms with Crippen LogP contribution in [0.15, 0.2) is 53.4 Å². The van der Waals surface area contributed by atoms with Gasteiger partial charge in [-0.25, -0.2) is 17.7 Å². The van der Waals surface area contributed by atoms with Crippen LogP contribution in [0.5, 0.6) is 5.75 Å². The van der Waals surface area contributed by atoms with Crippen LogP contribution < -0.4 is 4.74 Å². The van der Waals surface area contributed by atoms with Gasteiger partial charge in [0.05, 0.1) is 29.1 Å². The second kappa shape index (κ2) is 9.59. The molecule has 1 heterocycles. The molecule has 3 aromatic rings. The molecule has 0 aliphatic carbocycles. The average Bonchev–Trinajstić information content (AvgIpc) is 3.07. The summed E-state index contributed by atoms with van der Waals surface area (Å²) >= 11 is 0. The smallest absolute Gasteiger partial charge is 0.242 e. The van der Waals surface area contributed by atoms with Crippen LogP contribution >= 0.6 is 0 Å². The van der Waals surface area contributed by atoms with Crippen molar-refractivity contribution in [2.45, 2.75) is 31.3 Å². The number of imidazole rings is 1. The Morgan fingerprint density at radius 3 is 2.47 bits per heavy atom. The van der Waals surface area contributed by atoms with Crippen molar-refractivity contribution in [3.63, 3.8) is 0 Å². The average molecular weight is 431 g/mol. The Morgan fingerprint density at radius 2 is 1.80 bits per heavy atom. The van der Waals surface area contributed by atoms with Gasteiger partial charge in [-0.2, -0.15) is 0 Å². The highest BCUT2D eigenvalue weighted by Gasteiger charge is 2.19. The lowest BCUT2D eigenvalue weighted by Crippen LogP contribution is -2.23. The Hall–Kier alpha value is -2.42. The SMILES string of the molecule is CCn1c(CN(C)CCCOc2ccccc2)nc2cc(S(=O)(=O)N(C)C)ccc21. The van der Waals surface area contributed by atoms with Crippen molar-refractivity contribution in [1.82, 2.24) is 18.8 Å². The van der Waals surface area contributed by atoms with Gasteiger partial charge in [-0.15, -0.1) is 0 Å². The van der Waals surface area contributed by atoms with Crippen molar-refractivity contribution >= 4 is 21.1 Å². The summed E-state index contributed by atoms with van der Waals surface area (Å²) in [6.07, 6.45) is 0.906. The minimum Gasteiger partial charge on any atom is -0.494 e. The fourth-order valence-corrected chi connectivity index (χ4v) is 4.29. The fourth-order valence-electron chi connectivity index (χ4n) is 3.37. The quantitative estimate of drug-likeness (QED) is 0.462. The summed E-state index contributed by atoms with van der Waals surface area (Å²) in [7, 11) is 1.65. The molecule has 1 aromatic heterocycles. The second-order valence-corrected chi connectivity index (χ2v) is 9.61. The lowest BCUT2D eigenvalue weighted by atomic mass is 10.3. The number of para-hydroxylation sites is 1. The van der Waals surface area contributed by atoms with E-state index in [1.165, 1.54) is 18.4 Å². The Balaban J connectivity index is 1.67. The van der Waals surface area contributed by atoms with Gasteiger partial charge in [-0.3, -0.25) is 4.90 Å². The van der Waals surface area contributed by atoms with Crippen molar-refractivity contribution in [3.05, 3.63) is 54.4 Å². The van der Waals surface area contributed by atoms with E-state index >= 15 is 0 Å². The summed E-state index contributed by atoms with van der Waals surface area (Å²) in [6.45, 7) is 5.06. The summed E-state index contributed by atoms with van der Waals surface area (Å²) in [4.78, 5) is 7.21. The van der Waals surface area contributed by atoms with E-state index in [9.17, 15) is 8.42 Å². The van der Waals surface area contributed by atoms with Gasteiger partial charge in [0.15, 0.2) is 0 Å². The van der Waals surface area contributed by atoms with Gasteiger partial charge in [0, 0.05) is 27.2 Å². The van der Waals surface area contributed by atoms with Gasteiger partial charge < -0.3 is 9.30 Å². The molecule has 162 valence electrons. The van der Waals surface area contributed by atoms with Crippen LogP contribution in [0.4, 0.5) is 0 Å². The first-order chi connectivity index (χ1) is 14.3. The molecular weight excluding hydrogens is 400 g/mol. The largest absolute Gasteiger partial charge is 0.494 e. The van der Waals surface area contributed by atoms with Crippen LogP contribution in [0, 0.1) is 0 Å². The maximum atomic E-state index is 12.4. The molecule has 0 saturated heterocycles. The third kappa shape index (κ3) is 5.00. The molecule has 30 heavy (non-hydrogen) atoms. The number of ether oxygens (including phenoxy) is 1. The molecule has 0 aliphatic rings. The molecule has 0 spiro atoms. The van der Waals surface area contributed by atoms with E-state index in [1.807, 2.05) is 36.4 Å². The Bertz CT molecular complexity index is 1080. The van der Waals surface area contributed by atoms with E-state index in [2.05, 4.69) is 23.4 Å². The summed E-state index contributed by atoms with van der Waals surface area (Å²) in [5.74, 6) is 1.81. The Morgan fingerprint density at radius 1 is 1.07 bits per heavy atom. The normalized spacial score (nSPS) is 12.2. The highest BCUT2D eigenvalue weighted by Crippen LogP contribution is 2.22. The standard InChI is InChI=1S/C22H30N4O3S/c1-5-26-21-13-12-19(30(27,28)24(2)3)16-20(21)23-22(26)17-25(4)14-9-15-29-18-10-7-6-8-11-18/h6-8,10-13,16H,5,9,14-15,17H2,1-4H3. The van der Waals surface area contributed by atoms with E-state index in [4.69, 9.17) is 9.72 Å². The van der Waals surface area contributed by atoms with Crippen LogP contribution in [-0.2, 0) is 23.1 Å². The summed E-state index contributed by atoms with van der Waals surface area (Å²) < 4.78 is 34.0. The number of fused-ring (bicyclic) bond motifs is 1. The van der Waals surface area contributed by atoms with E-state index < -0.39 is 10.0 Å².